The van der Waals surface area contributed by atoms with E-state index in [9.17, 15) is 8.42 Å². The molecule has 1 aromatic rings. The van der Waals surface area contributed by atoms with E-state index in [4.69, 9.17) is 4.74 Å². The van der Waals surface area contributed by atoms with E-state index < -0.39 is 9.84 Å². The lowest BCUT2D eigenvalue weighted by Gasteiger charge is -2.13. The van der Waals surface area contributed by atoms with Gasteiger partial charge >= 0.3 is 0 Å². The van der Waals surface area contributed by atoms with Crippen LogP contribution in [0.5, 0.6) is 5.75 Å². The van der Waals surface area contributed by atoms with Crippen molar-refractivity contribution < 1.29 is 13.2 Å². The third-order valence-corrected chi connectivity index (χ3v) is 4.99. The molecular formula is C15H25NO3S. The predicted molar refractivity (Wildman–Crippen MR) is 83.0 cm³/mol. The molecule has 20 heavy (non-hydrogen) atoms. The van der Waals surface area contributed by atoms with E-state index >= 15 is 0 Å². The van der Waals surface area contributed by atoms with Crippen molar-refractivity contribution in [2.75, 3.05) is 24.7 Å². The minimum atomic E-state index is -2.89. The lowest BCUT2D eigenvalue weighted by molar-refractivity contribution is 0.317. The second-order valence-corrected chi connectivity index (χ2v) is 7.26. The minimum absolute atomic E-state index is 0.193. The van der Waals surface area contributed by atoms with Crippen molar-refractivity contribution in [3.05, 3.63) is 29.8 Å². The number of rotatable bonds is 9. The van der Waals surface area contributed by atoms with Crippen LogP contribution in [0.25, 0.3) is 0 Å². The average Bonchev–Trinajstić information content (AvgIpc) is 2.44. The molecule has 1 unspecified atom stereocenters. The highest BCUT2D eigenvalue weighted by Crippen LogP contribution is 2.17. The van der Waals surface area contributed by atoms with Gasteiger partial charge in [-0.05, 0) is 37.6 Å². The summed E-state index contributed by atoms with van der Waals surface area (Å²) in [5.41, 5.74) is 1.22. The summed E-state index contributed by atoms with van der Waals surface area (Å²) in [6.45, 7) is 7.24. The molecule has 0 aromatic heterocycles. The van der Waals surface area contributed by atoms with Crippen LogP contribution < -0.4 is 10.1 Å². The Kier molecular flexibility index (Phi) is 7.02. The van der Waals surface area contributed by atoms with Crippen molar-refractivity contribution in [1.82, 2.24) is 5.32 Å². The molecule has 0 spiro atoms. The number of nitrogens with one attached hydrogen (secondary N) is 1. The van der Waals surface area contributed by atoms with E-state index in [1.165, 1.54) is 5.56 Å². The molecule has 0 heterocycles. The maximum Gasteiger partial charge on any atom is 0.150 e. The molecule has 0 aliphatic carbocycles. The van der Waals surface area contributed by atoms with Gasteiger partial charge in [-0.1, -0.05) is 26.0 Å². The van der Waals surface area contributed by atoms with E-state index in [-0.39, 0.29) is 11.5 Å². The zero-order chi connectivity index (χ0) is 15.0. The highest BCUT2D eigenvalue weighted by Gasteiger charge is 2.07. The molecule has 0 aliphatic rings. The molecule has 4 nitrogen and oxygen atoms in total. The maximum atomic E-state index is 11.3. The Morgan fingerprint density at radius 3 is 2.40 bits per heavy atom. The fourth-order valence-corrected chi connectivity index (χ4v) is 2.74. The van der Waals surface area contributed by atoms with Crippen LogP contribution in [0, 0.1) is 0 Å². The molecule has 0 bridgehead atoms. The van der Waals surface area contributed by atoms with Crippen molar-refractivity contribution in [3.63, 3.8) is 0 Å². The van der Waals surface area contributed by atoms with E-state index in [1.54, 1.807) is 6.92 Å². The van der Waals surface area contributed by atoms with Gasteiger partial charge in [0.05, 0.1) is 12.4 Å². The van der Waals surface area contributed by atoms with Gasteiger partial charge in [-0.15, -0.1) is 0 Å². The molecule has 0 saturated carbocycles. The van der Waals surface area contributed by atoms with Gasteiger partial charge in [-0.3, -0.25) is 0 Å². The second kappa shape index (κ2) is 8.27. The third kappa shape index (κ3) is 5.92. The Labute approximate surface area is 122 Å². The van der Waals surface area contributed by atoms with Crippen LogP contribution in [0.2, 0.25) is 0 Å². The molecule has 1 atom stereocenters. The SMILES string of the molecule is CCNC(C)c1ccc(OCCCS(=O)(=O)CC)cc1. The lowest BCUT2D eigenvalue weighted by atomic mass is 10.1. The molecule has 114 valence electrons. The van der Waals surface area contributed by atoms with Gasteiger partial charge in [-0.25, -0.2) is 8.42 Å². The molecule has 5 heteroatoms. The zero-order valence-electron chi connectivity index (χ0n) is 12.6. The third-order valence-electron chi connectivity index (χ3n) is 3.20. The second-order valence-electron chi connectivity index (χ2n) is 4.79. The lowest BCUT2D eigenvalue weighted by Crippen LogP contribution is -2.17. The van der Waals surface area contributed by atoms with Crippen molar-refractivity contribution >= 4 is 9.84 Å². The maximum absolute atomic E-state index is 11.3. The number of benzene rings is 1. The predicted octanol–water partition coefficient (Wildman–Crippen LogP) is 2.56. The molecule has 0 radical (unpaired) electrons. The smallest absolute Gasteiger partial charge is 0.150 e. The summed E-state index contributed by atoms with van der Waals surface area (Å²) in [6, 6.07) is 8.25. The van der Waals surface area contributed by atoms with Crippen molar-refractivity contribution in [1.29, 1.82) is 0 Å². The fourth-order valence-electron chi connectivity index (χ4n) is 1.89. The molecule has 0 aliphatic heterocycles. The van der Waals surface area contributed by atoms with Crippen molar-refractivity contribution in [2.24, 2.45) is 0 Å². The quantitative estimate of drug-likeness (QED) is 0.712. The summed E-state index contributed by atoms with van der Waals surface area (Å²) in [5, 5.41) is 3.35. The average molecular weight is 299 g/mol. The Morgan fingerprint density at radius 1 is 1.20 bits per heavy atom. The topological polar surface area (TPSA) is 55.4 Å². The zero-order valence-corrected chi connectivity index (χ0v) is 13.4. The summed E-state index contributed by atoms with van der Waals surface area (Å²) in [5.74, 6) is 1.18. The normalized spacial score (nSPS) is 13.2. The largest absolute Gasteiger partial charge is 0.494 e. The van der Waals surface area contributed by atoms with Gasteiger partial charge in [0.25, 0.3) is 0 Å². The van der Waals surface area contributed by atoms with Crippen LogP contribution in [0.4, 0.5) is 0 Å². The molecule has 1 aromatic carbocycles. The summed E-state index contributed by atoms with van der Waals surface area (Å²) < 4.78 is 28.2. The number of ether oxygens (including phenoxy) is 1. The molecule has 0 fully saturated rings. The summed E-state index contributed by atoms with van der Waals surface area (Å²) >= 11 is 0. The molecule has 0 amide bonds. The van der Waals surface area contributed by atoms with E-state index in [2.05, 4.69) is 19.2 Å². The first kappa shape index (κ1) is 17.0. The first-order valence-electron chi connectivity index (χ1n) is 7.15. The van der Waals surface area contributed by atoms with Crippen LogP contribution >= 0.6 is 0 Å². The van der Waals surface area contributed by atoms with Gasteiger partial charge in [-0.2, -0.15) is 0 Å². The van der Waals surface area contributed by atoms with E-state index in [0.29, 0.717) is 19.1 Å². The van der Waals surface area contributed by atoms with Crippen molar-refractivity contribution in [3.8, 4) is 5.75 Å². The Bertz CT molecular complexity index is 482. The van der Waals surface area contributed by atoms with Gasteiger partial charge in [0, 0.05) is 11.8 Å². The first-order valence-corrected chi connectivity index (χ1v) is 8.97. The molecule has 0 saturated heterocycles. The summed E-state index contributed by atoms with van der Waals surface area (Å²) in [7, 11) is -2.89. The minimum Gasteiger partial charge on any atom is -0.494 e. The van der Waals surface area contributed by atoms with Crippen LogP contribution in [0.15, 0.2) is 24.3 Å². The Hall–Kier alpha value is -1.07. The number of sulfone groups is 1. The van der Waals surface area contributed by atoms with Gasteiger partial charge in [0.15, 0.2) is 0 Å². The molecule has 1 N–H and O–H groups in total. The standard InChI is InChI=1S/C15H25NO3S/c1-4-16-13(3)14-7-9-15(10-8-14)19-11-6-12-20(17,18)5-2/h7-10,13,16H,4-6,11-12H2,1-3H3. The van der Waals surface area contributed by atoms with Crippen LogP contribution in [0.3, 0.4) is 0 Å². The highest BCUT2D eigenvalue weighted by atomic mass is 32.2. The molecular weight excluding hydrogens is 274 g/mol. The van der Waals surface area contributed by atoms with Crippen molar-refractivity contribution in [2.45, 2.75) is 33.2 Å². The monoisotopic (exact) mass is 299 g/mol. The summed E-state index contributed by atoms with van der Waals surface area (Å²) in [4.78, 5) is 0. The first-order chi connectivity index (χ1) is 9.48. The Balaban J connectivity index is 2.39. The fraction of sp³-hybridized carbons (Fsp3) is 0.600. The number of hydrogen-bond donors (Lipinski definition) is 1. The van der Waals surface area contributed by atoms with Crippen LogP contribution in [-0.4, -0.2) is 33.1 Å². The van der Waals surface area contributed by atoms with Gasteiger partial charge < -0.3 is 10.1 Å². The molecule has 1 rings (SSSR count). The van der Waals surface area contributed by atoms with Gasteiger partial charge in [0.1, 0.15) is 15.6 Å². The van der Waals surface area contributed by atoms with Crippen LogP contribution in [-0.2, 0) is 9.84 Å². The van der Waals surface area contributed by atoms with E-state index in [0.717, 1.165) is 12.3 Å². The van der Waals surface area contributed by atoms with Crippen LogP contribution in [0.1, 0.15) is 38.8 Å². The van der Waals surface area contributed by atoms with E-state index in [1.807, 2.05) is 24.3 Å². The summed E-state index contributed by atoms with van der Waals surface area (Å²) in [6.07, 6.45) is 0.533. The number of hydrogen-bond acceptors (Lipinski definition) is 4. The Morgan fingerprint density at radius 2 is 1.85 bits per heavy atom. The highest BCUT2D eigenvalue weighted by molar-refractivity contribution is 7.91. The van der Waals surface area contributed by atoms with Gasteiger partial charge in [0.2, 0.25) is 0 Å².